The number of hydrogen-bond acceptors (Lipinski definition) is 5. The zero-order valence-corrected chi connectivity index (χ0v) is 18.0. The Morgan fingerprint density at radius 1 is 1.21 bits per heavy atom. The highest BCUT2D eigenvalue weighted by Crippen LogP contribution is 2.37. The summed E-state index contributed by atoms with van der Waals surface area (Å²) in [6, 6.07) is 14.5. The van der Waals surface area contributed by atoms with E-state index < -0.39 is 15.1 Å². The van der Waals surface area contributed by atoms with Gasteiger partial charge in [0.05, 0.1) is 21.1 Å². The van der Waals surface area contributed by atoms with Gasteiger partial charge in [0.1, 0.15) is 0 Å². The number of rotatable bonds is 7. The molecule has 1 aliphatic rings. The van der Waals surface area contributed by atoms with Crippen LogP contribution in [0.2, 0.25) is 0 Å². The number of nitrogens with one attached hydrogen (secondary N) is 2. The number of thioether (sulfide) groups is 1. The molecule has 0 unspecified atom stereocenters. The van der Waals surface area contributed by atoms with E-state index in [-0.39, 0.29) is 28.4 Å². The average molecular weight is 433 g/mol. The van der Waals surface area contributed by atoms with Gasteiger partial charge in [-0.1, -0.05) is 30.3 Å². The van der Waals surface area contributed by atoms with E-state index in [0.29, 0.717) is 18.7 Å². The fourth-order valence-corrected chi connectivity index (χ4v) is 5.34. The Labute approximate surface area is 175 Å². The molecule has 2 amide bonds. The van der Waals surface area contributed by atoms with Crippen LogP contribution in [0.4, 0.5) is 5.69 Å². The van der Waals surface area contributed by atoms with Gasteiger partial charge in [0.15, 0.2) is 9.84 Å². The summed E-state index contributed by atoms with van der Waals surface area (Å²) in [5.41, 5.74) is 1.61. The SMILES string of the molecule is C[C@H](CC(=O)NCCc1ccccc1)S(=O)(=O)c1ccc2c(c1)NC(=O)[C@@H](C)S2. The molecule has 2 atom stereocenters. The lowest BCUT2D eigenvalue weighted by Gasteiger charge is -2.22. The molecule has 0 spiro atoms. The maximum Gasteiger partial charge on any atom is 0.237 e. The van der Waals surface area contributed by atoms with E-state index in [1.165, 1.54) is 30.8 Å². The third-order valence-corrected chi connectivity index (χ3v) is 8.11. The minimum absolute atomic E-state index is 0.108. The number of amides is 2. The van der Waals surface area contributed by atoms with Crippen molar-refractivity contribution in [1.29, 1.82) is 0 Å². The molecule has 0 aromatic heterocycles. The molecule has 2 aromatic rings. The van der Waals surface area contributed by atoms with Crippen LogP contribution in [0.1, 0.15) is 25.8 Å². The van der Waals surface area contributed by atoms with Crippen LogP contribution in [0.3, 0.4) is 0 Å². The molecule has 3 rings (SSSR count). The van der Waals surface area contributed by atoms with Crippen LogP contribution in [0.15, 0.2) is 58.3 Å². The molecule has 8 heteroatoms. The van der Waals surface area contributed by atoms with Crippen LogP contribution in [-0.2, 0) is 25.8 Å². The van der Waals surface area contributed by atoms with Crippen molar-refractivity contribution in [3.8, 4) is 0 Å². The van der Waals surface area contributed by atoms with Crippen LogP contribution in [0, 0.1) is 0 Å². The van der Waals surface area contributed by atoms with E-state index in [2.05, 4.69) is 10.6 Å². The molecule has 0 saturated carbocycles. The first-order valence-corrected chi connectivity index (χ1v) is 11.9. The molecular weight excluding hydrogens is 408 g/mol. The third-order valence-electron chi connectivity index (χ3n) is 4.79. The van der Waals surface area contributed by atoms with Crippen molar-refractivity contribution in [1.82, 2.24) is 5.32 Å². The lowest BCUT2D eigenvalue weighted by atomic mass is 10.1. The predicted molar refractivity (Wildman–Crippen MR) is 115 cm³/mol. The molecule has 0 bridgehead atoms. The fourth-order valence-electron chi connectivity index (χ4n) is 3.03. The topological polar surface area (TPSA) is 92.3 Å². The van der Waals surface area contributed by atoms with Crippen LogP contribution >= 0.6 is 11.8 Å². The second kappa shape index (κ2) is 9.00. The predicted octanol–water partition coefficient (Wildman–Crippen LogP) is 3.03. The van der Waals surface area contributed by atoms with Gasteiger partial charge < -0.3 is 10.6 Å². The molecule has 2 N–H and O–H groups in total. The summed E-state index contributed by atoms with van der Waals surface area (Å²) in [6.07, 6.45) is 0.570. The van der Waals surface area contributed by atoms with Gasteiger partial charge in [-0.3, -0.25) is 9.59 Å². The smallest absolute Gasteiger partial charge is 0.237 e. The maximum absolute atomic E-state index is 12.9. The van der Waals surface area contributed by atoms with Crippen molar-refractivity contribution in [2.24, 2.45) is 0 Å². The molecule has 0 saturated heterocycles. The first kappa shape index (κ1) is 21.4. The van der Waals surface area contributed by atoms with Crippen molar-refractivity contribution >= 4 is 39.1 Å². The number of benzene rings is 2. The van der Waals surface area contributed by atoms with Gasteiger partial charge in [0.2, 0.25) is 11.8 Å². The van der Waals surface area contributed by atoms with E-state index in [9.17, 15) is 18.0 Å². The second-order valence-corrected chi connectivity index (χ2v) is 10.8. The minimum Gasteiger partial charge on any atom is -0.356 e. The zero-order valence-electron chi connectivity index (χ0n) is 16.3. The fraction of sp³-hybridized carbons (Fsp3) is 0.333. The number of hydrogen-bond donors (Lipinski definition) is 2. The summed E-state index contributed by atoms with van der Waals surface area (Å²) in [4.78, 5) is 25.0. The van der Waals surface area contributed by atoms with E-state index in [4.69, 9.17) is 0 Å². The van der Waals surface area contributed by atoms with Gasteiger partial charge in [-0.15, -0.1) is 11.8 Å². The van der Waals surface area contributed by atoms with Crippen LogP contribution in [-0.4, -0.2) is 37.3 Å². The second-order valence-electron chi connectivity index (χ2n) is 7.05. The highest BCUT2D eigenvalue weighted by Gasteiger charge is 2.29. The van der Waals surface area contributed by atoms with Crippen molar-refractivity contribution in [3.05, 3.63) is 54.1 Å². The van der Waals surface area contributed by atoms with E-state index in [1.807, 2.05) is 30.3 Å². The summed E-state index contributed by atoms with van der Waals surface area (Å²) in [6.45, 7) is 3.78. The first-order valence-electron chi connectivity index (χ1n) is 9.43. The van der Waals surface area contributed by atoms with Crippen molar-refractivity contribution in [3.63, 3.8) is 0 Å². The van der Waals surface area contributed by atoms with Crippen molar-refractivity contribution in [2.45, 2.75) is 47.0 Å². The van der Waals surface area contributed by atoms with E-state index >= 15 is 0 Å². The van der Waals surface area contributed by atoms with Crippen LogP contribution < -0.4 is 10.6 Å². The molecule has 6 nitrogen and oxygen atoms in total. The van der Waals surface area contributed by atoms with Gasteiger partial charge >= 0.3 is 0 Å². The molecule has 2 aromatic carbocycles. The Kier molecular flexibility index (Phi) is 6.64. The number of carbonyl (C=O) groups is 2. The van der Waals surface area contributed by atoms with E-state index in [0.717, 1.165) is 10.5 Å². The maximum atomic E-state index is 12.9. The van der Waals surface area contributed by atoms with E-state index in [1.54, 1.807) is 13.0 Å². The van der Waals surface area contributed by atoms with Crippen LogP contribution in [0.5, 0.6) is 0 Å². The molecule has 0 aliphatic carbocycles. The largest absolute Gasteiger partial charge is 0.356 e. The molecule has 1 heterocycles. The standard InChI is InChI=1S/C21H24N2O4S2/c1-14(12-20(24)22-11-10-16-6-4-3-5-7-16)29(26,27)17-8-9-19-18(13-17)23-21(25)15(2)28-19/h3-9,13-15H,10-12H2,1-2H3,(H,22,24)(H,23,25)/t14-,15-/m1/s1. The first-order chi connectivity index (χ1) is 13.8. The summed E-state index contributed by atoms with van der Waals surface area (Å²) in [7, 11) is -3.70. The number of fused-ring (bicyclic) bond motifs is 1. The Morgan fingerprint density at radius 3 is 2.66 bits per heavy atom. The molecule has 1 aliphatic heterocycles. The van der Waals surface area contributed by atoms with Gasteiger partial charge in [-0.25, -0.2) is 8.42 Å². The minimum atomic E-state index is -3.70. The monoisotopic (exact) mass is 432 g/mol. The normalized spacial score (nSPS) is 17.2. The van der Waals surface area contributed by atoms with Gasteiger partial charge in [0.25, 0.3) is 0 Å². The quantitative estimate of drug-likeness (QED) is 0.702. The lowest BCUT2D eigenvalue weighted by Crippen LogP contribution is -2.31. The summed E-state index contributed by atoms with van der Waals surface area (Å²) in [5, 5.41) is 4.43. The number of anilines is 1. The number of sulfone groups is 1. The van der Waals surface area contributed by atoms with Gasteiger partial charge in [-0.2, -0.15) is 0 Å². The molecule has 29 heavy (non-hydrogen) atoms. The summed E-state index contributed by atoms with van der Waals surface area (Å²) >= 11 is 1.39. The van der Waals surface area contributed by atoms with Crippen molar-refractivity contribution in [2.75, 3.05) is 11.9 Å². The lowest BCUT2D eigenvalue weighted by molar-refractivity contribution is -0.121. The summed E-state index contributed by atoms with van der Waals surface area (Å²) < 4.78 is 25.8. The Balaban J connectivity index is 1.61. The average Bonchev–Trinajstić information content (AvgIpc) is 2.69. The van der Waals surface area contributed by atoms with Gasteiger partial charge in [-0.05, 0) is 44.0 Å². The molecular formula is C21H24N2O4S2. The zero-order chi connectivity index (χ0) is 21.0. The summed E-state index contributed by atoms with van der Waals surface area (Å²) in [5.74, 6) is -0.449. The Morgan fingerprint density at radius 2 is 1.93 bits per heavy atom. The van der Waals surface area contributed by atoms with Crippen LogP contribution in [0.25, 0.3) is 0 Å². The Bertz CT molecular complexity index is 1010. The molecule has 0 radical (unpaired) electrons. The number of carbonyl (C=O) groups excluding carboxylic acids is 2. The molecule has 0 fully saturated rings. The highest BCUT2D eigenvalue weighted by molar-refractivity contribution is 8.01. The Hall–Kier alpha value is -2.32. The highest BCUT2D eigenvalue weighted by atomic mass is 32.2. The van der Waals surface area contributed by atoms with Gasteiger partial charge in [0, 0.05) is 17.9 Å². The molecule has 154 valence electrons. The van der Waals surface area contributed by atoms with Crippen molar-refractivity contribution < 1.29 is 18.0 Å². The third kappa shape index (κ3) is 5.19.